The number of amides is 1. The molecule has 7 nitrogen and oxygen atoms in total. The maximum atomic E-state index is 12.9. The van der Waals surface area contributed by atoms with Crippen molar-refractivity contribution >= 4 is 26.8 Å². The molecule has 0 aliphatic carbocycles. The third kappa shape index (κ3) is 3.32. The second-order valence-electron chi connectivity index (χ2n) is 6.27. The van der Waals surface area contributed by atoms with Crippen molar-refractivity contribution in [2.75, 3.05) is 19.6 Å². The van der Waals surface area contributed by atoms with E-state index >= 15 is 0 Å². The summed E-state index contributed by atoms with van der Waals surface area (Å²) in [4.78, 5) is 26.3. The highest BCUT2D eigenvalue weighted by Crippen LogP contribution is 2.27. The van der Waals surface area contributed by atoms with Gasteiger partial charge in [-0.1, -0.05) is 0 Å². The molecule has 2 aromatic rings. The fraction of sp³-hybridized carbons (Fsp3) is 0.412. The number of H-pyrrole nitrogens is 1. The number of fused-ring (bicyclic) bond motifs is 1. The highest BCUT2D eigenvalue weighted by atomic mass is 32.2. The Balaban J connectivity index is 1.92. The van der Waals surface area contributed by atoms with Gasteiger partial charge < -0.3 is 10.3 Å². The van der Waals surface area contributed by atoms with Crippen LogP contribution >= 0.6 is 0 Å². The van der Waals surface area contributed by atoms with Crippen molar-refractivity contribution < 1.29 is 13.2 Å². The number of pyridine rings is 1. The summed E-state index contributed by atoms with van der Waals surface area (Å²) in [7, 11) is -3.68. The number of aromatic amines is 1. The topological polar surface area (TPSA) is 99.3 Å². The number of benzene rings is 1. The molecule has 8 heteroatoms. The maximum absolute atomic E-state index is 12.9. The predicted molar refractivity (Wildman–Crippen MR) is 94.9 cm³/mol. The minimum atomic E-state index is -3.68. The molecule has 1 aromatic carbocycles. The minimum Gasteiger partial charge on any atom is -0.356 e. The number of aryl methyl sites for hydroxylation is 1. The second-order valence-corrected chi connectivity index (χ2v) is 8.21. The van der Waals surface area contributed by atoms with E-state index in [9.17, 15) is 18.0 Å². The molecule has 25 heavy (non-hydrogen) atoms. The molecule has 1 aliphatic rings. The van der Waals surface area contributed by atoms with Gasteiger partial charge in [0.25, 0.3) is 0 Å². The van der Waals surface area contributed by atoms with Crippen LogP contribution < -0.4 is 10.9 Å². The molecule has 134 valence electrons. The van der Waals surface area contributed by atoms with E-state index in [4.69, 9.17) is 0 Å². The van der Waals surface area contributed by atoms with Crippen molar-refractivity contribution in [2.24, 2.45) is 5.92 Å². The van der Waals surface area contributed by atoms with Crippen molar-refractivity contribution in [3.8, 4) is 0 Å². The molecule has 1 aliphatic heterocycles. The first-order valence-corrected chi connectivity index (χ1v) is 9.68. The van der Waals surface area contributed by atoms with Crippen molar-refractivity contribution in [2.45, 2.75) is 25.2 Å². The van der Waals surface area contributed by atoms with E-state index in [1.807, 2.05) is 6.92 Å². The fourth-order valence-corrected chi connectivity index (χ4v) is 4.72. The van der Waals surface area contributed by atoms with Crippen molar-refractivity contribution in [1.82, 2.24) is 14.6 Å². The average molecular weight is 363 g/mol. The van der Waals surface area contributed by atoms with E-state index in [-0.39, 0.29) is 28.8 Å². The van der Waals surface area contributed by atoms with E-state index in [2.05, 4.69) is 10.3 Å². The number of nitrogens with one attached hydrogen (secondary N) is 2. The van der Waals surface area contributed by atoms with E-state index in [1.54, 1.807) is 19.1 Å². The van der Waals surface area contributed by atoms with Gasteiger partial charge in [0.15, 0.2) is 0 Å². The number of hydrogen-bond acceptors (Lipinski definition) is 4. The first kappa shape index (κ1) is 17.6. The van der Waals surface area contributed by atoms with E-state index in [0.29, 0.717) is 30.4 Å². The zero-order valence-corrected chi connectivity index (χ0v) is 15.0. The van der Waals surface area contributed by atoms with Gasteiger partial charge in [-0.3, -0.25) is 9.59 Å². The lowest BCUT2D eigenvalue weighted by Crippen LogP contribution is -2.34. The van der Waals surface area contributed by atoms with Crippen LogP contribution in [0.1, 0.15) is 18.9 Å². The first-order valence-electron chi connectivity index (χ1n) is 8.24. The highest BCUT2D eigenvalue weighted by molar-refractivity contribution is 7.89. The van der Waals surface area contributed by atoms with Gasteiger partial charge in [0.2, 0.25) is 21.5 Å². The molecule has 1 saturated heterocycles. The third-order valence-corrected chi connectivity index (χ3v) is 6.39. The summed E-state index contributed by atoms with van der Waals surface area (Å²) < 4.78 is 27.2. The van der Waals surface area contributed by atoms with Crippen LogP contribution in [-0.4, -0.2) is 43.2 Å². The summed E-state index contributed by atoms with van der Waals surface area (Å²) >= 11 is 0. The quantitative estimate of drug-likeness (QED) is 0.846. The zero-order chi connectivity index (χ0) is 18.2. The van der Waals surface area contributed by atoms with Gasteiger partial charge >= 0.3 is 0 Å². The van der Waals surface area contributed by atoms with Crippen LogP contribution in [0.2, 0.25) is 0 Å². The minimum absolute atomic E-state index is 0.105. The summed E-state index contributed by atoms with van der Waals surface area (Å²) in [6.07, 6.45) is 0.519. The Morgan fingerprint density at radius 3 is 2.84 bits per heavy atom. The van der Waals surface area contributed by atoms with Crippen LogP contribution in [-0.2, 0) is 14.8 Å². The van der Waals surface area contributed by atoms with Crippen LogP contribution in [0.3, 0.4) is 0 Å². The highest BCUT2D eigenvalue weighted by Gasteiger charge is 2.35. The van der Waals surface area contributed by atoms with Crippen LogP contribution in [0.4, 0.5) is 0 Å². The molecular formula is C17H21N3O4S. The number of sulfonamides is 1. The van der Waals surface area contributed by atoms with Gasteiger partial charge in [0, 0.05) is 36.6 Å². The van der Waals surface area contributed by atoms with E-state index < -0.39 is 10.0 Å². The fourth-order valence-electron chi connectivity index (χ4n) is 3.19. The Morgan fingerprint density at radius 2 is 2.12 bits per heavy atom. The van der Waals surface area contributed by atoms with E-state index in [0.717, 1.165) is 5.56 Å². The molecule has 1 fully saturated rings. The van der Waals surface area contributed by atoms with Crippen LogP contribution in [0.15, 0.2) is 34.0 Å². The smallest absolute Gasteiger partial charge is 0.248 e. The number of aromatic nitrogens is 1. The van der Waals surface area contributed by atoms with Crippen molar-refractivity contribution in [3.63, 3.8) is 0 Å². The third-order valence-electron chi connectivity index (χ3n) is 4.53. The summed E-state index contributed by atoms with van der Waals surface area (Å²) in [5, 5.41) is 3.44. The van der Waals surface area contributed by atoms with Gasteiger partial charge in [-0.05, 0) is 44.0 Å². The van der Waals surface area contributed by atoms with Gasteiger partial charge in [-0.2, -0.15) is 4.31 Å². The first-order chi connectivity index (χ1) is 11.8. The van der Waals surface area contributed by atoms with Gasteiger partial charge in [-0.15, -0.1) is 0 Å². The summed E-state index contributed by atoms with van der Waals surface area (Å²) in [6, 6.07) is 6.12. The standard InChI is InChI=1S/C17H21N3O4S/c1-3-18-17(22)12-6-7-20(10-12)25(23,24)13-4-5-15-14(9-13)11(2)8-16(21)19-15/h4-5,8-9,12H,3,6-7,10H2,1-2H3,(H,18,22)(H,19,21). The summed E-state index contributed by atoms with van der Waals surface area (Å²) in [5.41, 5.74) is 1.10. The van der Waals surface area contributed by atoms with Gasteiger partial charge in [0.1, 0.15) is 0 Å². The zero-order valence-electron chi connectivity index (χ0n) is 14.2. The Hall–Kier alpha value is -2.19. The van der Waals surface area contributed by atoms with Gasteiger partial charge in [-0.25, -0.2) is 8.42 Å². The number of rotatable bonds is 4. The number of carbonyl (C=O) groups excluding carboxylic acids is 1. The van der Waals surface area contributed by atoms with Crippen molar-refractivity contribution in [3.05, 3.63) is 40.2 Å². The lowest BCUT2D eigenvalue weighted by molar-refractivity contribution is -0.124. The Labute approximate surface area is 146 Å². The Bertz CT molecular complexity index is 981. The molecule has 1 amide bonds. The molecule has 2 N–H and O–H groups in total. The SMILES string of the molecule is CCNC(=O)C1CCN(S(=O)(=O)c2ccc3[nH]c(=O)cc(C)c3c2)C1. The number of nitrogens with zero attached hydrogens (tertiary/aromatic N) is 1. The number of hydrogen-bond donors (Lipinski definition) is 2. The number of carbonyl (C=O) groups is 1. The van der Waals surface area contributed by atoms with Crippen LogP contribution in [0.25, 0.3) is 10.9 Å². The molecule has 1 unspecified atom stereocenters. The monoisotopic (exact) mass is 363 g/mol. The molecule has 0 spiro atoms. The molecule has 0 saturated carbocycles. The molecule has 0 radical (unpaired) electrons. The lowest BCUT2D eigenvalue weighted by Gasteiger charge is -2.17. The lowest BCUT2D eigenvalue weighted by atomic mass is 10.1. The molecule has 3 rings (SSSR count). The largest absolute Gasteiger partial charge is 0.356 e. The second kappa shape index (κ2) is 6.61. The van der Waals surface area contributed by atoms with Crippen LogP contribution in [0.5, 0.6) is 0 Å². The normalized spacial score (nSPS) is 18.6. The molecule has 1 aromatic heterocycles. The van der Waals surface area contributed by atoms with E-state index in [1.165, 1.54) is 16.4 Å². The molecule has 1 atom stereocenters. The molecule has 2 heterocycles. The summed E-state index contributed by atoms with van der Waals surface area (Å²) in [5.74, 6) is -0.416. The van der Waals surface area contributed by atoms with Gasteiger partial charge in [0.05, 0.1) is 10.8 Å². The molecular weight excluding hydrogens is 342 g/mol. The Morgan fingerprint density at radius 1 is 1.36 bits per heavy atom. The average Bonchev–Trinajstić information content (AvgIpc) is 3.05. The Kier molecular flexibility index (Phi) is 4.66. The summed E-state index contributed by atoms with van der Waals surface area (Å²) in [6.45, 7) is 4.66. The maximum Gasteiger partial charge on any atom is 0.248 e. The predicted octanol–water partition coefficient (Wildman–Crippen LogP) is 0.983. The molecule has 0 bridgehead atoms. The van der Waals surface area contributed by atoms with Crippen molar-refractivity contribution in [1.29, 1.82) is 0 Å². The van der Waals surface area contributed by atoms with Crippen LogP contribution in [0, 0.1) is 12.8 Å².